The molecule has 80 valence electrons. The lowest BCUT2D eigenvalue weighted by molar-refractivity contribution is -0.152. The molecule has 0 atom stereocenters. The predicted molar refractivity (Wildman–Crippen MR) is 51.6 cm³/mol. The predicted octanol–water partition coefficient (Wildman–Crippen LogP) is 0.998. The van der Waals surface area contributed by atoms with Crippen molar-refractivity contribution in [1.29, 1.82) is 0 Å². The van der Waals surface area contributed by atoms with Gasteiger partial charge in [-0.1, -0.05) is 19.3 Å². The number of ether oxygens (including phenoxy) is 1. The molecule has 0 heterocycles. The van der Waals surface area contributed by atoms with Crippen LogP contribution in [0.15, 0.2) is 0 Å². The smallest absolute Gasteiger partial charge is 0.331 e. The van der Waals surface area contributed by atoms with Gasteiger partial charge in [-0.25, -0.2) is 4.79 Å². The molecule has 14 heavy (non-hydrogen) atoms. The van der Waals surface area contributed by atoms with E-state index in [1.54, 1.807) is 0 Å². The van der Waals surface area contributed by atoms with E-state index < -0.39 is 5.54 Å². The zero-order chi connectivity index (χ0) is 10.6. The van der Waals surface area contributed by atoms with Gasteiger partial charge in [-0.15, -0.1) is 0 Å². The molecule has 1 aliphatic carbocycles. The molecule has 0 aromatic carbocycles. The number of hydrogen-bond acceptors (Lipinski definition) is 3. The number of nitrogens with one attached hydrogen (secondary N) is 1. The van der Waals surface area contributed by atoms with Gasteiger partial charge in [0.25, 0.3) is 0 Å². The zero-order valence-corrected chi connectivity index (χ0v) is 8.76. The van der Waals surface area contributed by atoms with Crippen LogP contribution in [0.4, 0.5) is 0 Å². The van der Waals surface area contributed by atoms with E-state index in [0.29, 0.717) is 12.8 Å². The molecule has 0 aromatic rings. The van der Waals surface area contributed by atoms with Gasteiger partial charge < -0.3 is 10.1 Å². The molecule has 1 aliphatic rings. The molecule has 0 unspecified atom stereocenters. The lowest BCUT2D eigenvalue weighted by atomic mass is 9.81. The Morgan fingerprint density at radius 3 is 2.21 bits per heavy atom. The van der Waals surface area contributed by atoms with Crippen molar-refractivity contribution in [2.75, 3.05) is 7.11 Å². The van der Waals surface area contributed by atoms with Gasteiger partial charge in [-0.2, -0.15) is 0 Å². The van der Waals surface area contributed by atoms with Gasteiger partial charge in [0.2, 0.25) is 5.91 Å². The minimum absolute atomic E-state index is 0.169. The van der Waals surface area contributed by atoms with Crippen molar-refractivity contribution >= 4 is 11.9 Å². The summed E-state index contributed by atoms with van der Waals surface area (Å²) in [5.74, 6) is -0.482. The summed E-state index contributed by atoms with van der Waals surface area (Å²) in [6, 6.07) is 0. The van der Waals surface area contributed by atoms with E-state index in [-0.39, 0.29) is 11.9 Å². The number of methoxy groups -OCH3 is 1. The molecule has 0 spiro atoms. The van der Waals surface area contributed by atoms with E-state index in [2.05, 4.69) is 5.32 Å². The average molecular weight is 199 g/mol. The summed E-state index contributed by atoms with van der Waals surface area (Å²) in [7, 11) is 1.36. The van der Waals surface area contributed by atoms with Crippen LogP contribution >= 0.6 is 0 Å². The third-order valence-electron chi connectivity index (χ3n) is 2.70. The Morgan fingerprint density at radius 2 is 1.79 bits per heavy atom. The zero-order valence-electron chi connectivity index (χ0n) is 8.76. The van der Waals surface area contributed by atoms with Crippen LogP contribution in [0.5, 0.6) is 0 Å². The van der Waals surface area contributed by atoms with Crippen molar-refractivity contribution < 1.29 is 14.3 Å². The van der Waals surface area contributed by atoms with Crippen LogP contribution in [0.2, 0.25) is 0 Å². The Morgan fingerprint density at radius 1 is 1.21 bits per heavy atom. The Labute approximate surface area is 84.0 Å². The highest BCUT2D eigenvalue weighted by atomic mass is 16.5. The topological polar surface area (TPSA) is 55.4 Å². The third kappa shape index (κ3) is 2.25. The van der Waals surface area contributed by atoms with Crippen LogP contribution in [0.25, 0.3) is 0 Å². The standard InChI is InChI=1S/C10H17NO3/c1-8(12)11-10(9(13)14-2)6-4-3-5-7-10/h3-7H2,1-2H3,(H,11,12). The SMILES string of the molecule is COC(=O)C1(NC(C)=O)CCCCC1. The fourth-order valence-corrected chi connectivity index (χ4v) is 2.07. The van der Waals surface area contributed by atoms with E-state index in [1.807, 2.05) is 0 Å². The molecule has 1 saturated carbocycles. The molecular weight excluding hydrogens is 182 g/mol. The summed E-state index contributed by atoms with van der Waals surface area (Å²) >= 11 is 0. The maximum atomic E-state index is 11.6. The van der Waals surface area contributed by atoms with E-state index in [4.69, 9.17) is 4.74 Å². The number of hydrogen-bond donors (Lipinski definition) is 1. The Balaban J connectivity index is 2.76. The molecular formula is C10H17NO3. The normalized spacial score (nSPS) is 19.9. The molecule has 0 aliphatic heterocycles. The summed E-state index contributed by atoms with van der Waals surface area (Å²) in [5, 5.41) is 2.73. The Hall–Kier alpha value is -1.06. The first-order chi connectivity index (χ1) is 6.60. The fraction of sp³-hybridized carbons (Fsp3) is 0.800. The first-order valence-corrected chi connectivity index (χ1v) is 4.98. The van der Waals surface area contributed by atoms with Crippen molar-refractivity contribution in [3.8, 4) is 0 Å². The van der Waals surface area contributed by atoms with Gasteiger partial charge in [0.1, 0.15) is 5.54 Å². The van der Waals surface area contributed by atoms with Crippen molar-refractivity contribution in [3.63, 3.8) is 0 Å². The van der Waals surface area contributed by atoms with Gasteiger partial charge >= 0.3 is 5.97 Å². The molecule has 0 bridgehead atoms. The van der Waals surface area contributed by atoms with Crippen molar-refractivity contribution in [2.45, 2.75) is 44.6 Å². The number of rotatable bonds is 2. The second-order valence-electron chi connectivity index (χ2n) is 3.82. The third-order valence-corrected chi connectivity index (χ3v) is 2.70. The summed E-state index contributed by atoms with van der Waals surface area (Å²) in [6.45, 7) is 1.43. The second-order valence-corrected chi connectivity index (χ2v) is 3.82. The highest BCUT2D eigenvalue weighted by Gasteiger charge is 2.41. The van der Waals surface area contributed by atoms with Gasteiger partial charge in [0.05, 0.1) is 7.11 Å². The van der Waals surface area contributed by atoms with Gasteiger partial charge in [-0.3, -0.25) is 4.79 Å². The number of esters is 1. The Kier molecular flexibility index (Phi) is 3.49. The van der Waals surface area contributed by atoms with Crippen molar-refractivity contribution in [3.05, 3.63) is 0 Å². The highest BCUT2D eigenvalue weighted by molar-refractivity contribution is 5.87. The van der Waals surface area contributed by atoms with Gasteiger partial charge in [0, 0.05) is 6.92 Å². The van der Waals surface area contributed by atoms with Crippen molar-refractivity contribution in [2.24, 2.45) is 0 Å². The molecule has 0 radical (unpaired) electrons. The van der Waals surface area contributed by atoms with Crippen LogP contribution in [0.3, 0.4) is 0 Å². The molecule has 1 amide bonds. The summed E-state index contributed by atoms with van der Waals surface area (Å²) < 4.78 is 4.74. The molecule has 1 N–H and O–H groups in total. The van der Waals surface area contributed by atoms with Crippen LogP contribution in [0, 0.1) is 0 Å². The number of carbonyl (C=O) groups is 2. The minimum Gasteiger partial charge on any atom is -0.467 e. The molecule has 4 heteroatoms. The maximum absolute atomic E-state index is 11.6. The Bertz CT molecular complexity index is 232. The minimum atomic E-state index is -0.751. The quantitative estimate of drug-likeness (QED) is 0.675. The molecule has 0 aromatic heterocycles. The van der Waals surface area contributed by atoms with Crippen LogP contribution in [-0.4, -0.2) is 24.5 Å². The van der Waals surface area contributed by atoms with E-state index in [1.165, 1.54) is 14.0 Å². The van der Waals surface area contributed by atoms with E-state index in [9.17, 15) is 9.59 Å². The second kappa shape index (κ2) is 4.44. The van der Waals surface area contributed by atoms with E-state index >= 15 is 0 Å². The van der Waals surface area contributed by atoms with Crippen LogP contribution in [-0.2, 0) is 14.3 Å². The van der Waals surface area contributed by atoms with E-state index in [0.717, 1.165) is 19.3 Å². The molecule has 0 saturated heterocycles. The first-order valence-electron chi connectivity index (χ1n) is 4.98. The average Bonchev–Trinajstić information content (AvgIpc) is 2.17. The summed E-state index contributed by atoms with van der Waals surface area (Å²) in [6.07, 6.45) is 4.45. The largest absolute Gasteiger partial charge is 0.467 e. The molecule has 1 fully saturated rings. The van der Waals surface area contributed by atoms with Gasteiger partial charge in [-0.05, 0) is 12.8 Å². The number of carbonyl (C=O) groups excluding carboxylic acids is 2. The summed E-state index contributed by atoms with van der Waals surface area (Å²) in [4.78, 5) is 22.6. The van der Waals surface area contributed by atoms with Crippen LogP contribution < -0.4 is 5.32 Å². The molecule has 1 rings (SSSR count). The summed E-state index contributed by atoms with van der Waals surface area (Å²) in [5.41, 5.74) is -0.751. The van der Waals surface area contributed by atoms with Crippen molar-refractivity contribution in [1.82, 2.24) is 5.32 Å². The molecule has 4 nitrogen and oxygen atoms in total. The monoisotopic (exact) mass is 199 g/mol. The van der Waals surface area contributed by atoms with Crippen LogP contribution in [0.1, 0.15) is 39.0 Å². The first kappa shape index (κ1) is 11.0. The fourth-order valence-electron chi connectivity index (χ4n) is 2.07. The maximum Gasteiger partial charge on any atom is 0.331 e. The number of amides is 1. The lowest BCUT2D eigenvalue weighted by Gasteiger charge is -2.34. The lowest BCUT2D eigenvalue weighted by Crippen LogP contribution is -2.55. The van der Waals surface area contributed by atoms with Gasteiger partial charge in [0.15, 0.2) is 0 Å². The highest BCUT2D eigenvalue weighted by Crippen LogP contribution is 2.29.